The standard InChI is InChI=1S/C12H10O3S.Rb/c1-2-10-11-6-4-3-5-9(11)7-8-12(10)16(13,14)15;/h2-8H,1H2,(H,13,14,15);/q;+1/p-1. The first-order chi connectivity index (χ1) is 7.54. The van der Waals surface area contributed by atoms with Crippen molar-refractivity contribution in [3.05, 3.63) is 48.5 Å². The summed E-state index contributed by atoms with van der Waals surface area (Å²) < 4.78 is 33.2. The molecule has 0 spiro atoms. The Morgan fingerprint density at radius 1 is 1.12 bits per heavy atom. The molecule has 3 nitrogen and oxygen atoms in total. The smallest absolute Gasteiger partial charge is 0.744 e. The van der Waals surface area contributed by atoms with Gasteiger partial charge in [-0.3, -0.25) is 0 Å². The number of hydrogen-bond donors (Lipinski definition) is 0. The van der Waals surface area contributed by atoms with Crippen molar-refractivity contribution in [1.29, 1.82) is 0 Å². The van der Waals surface area contributed by atoms with E-state index < -0.39 is 10.1 Å². The van der Waals surface area contributed by atoms with Gasteiger partial charge in [0.1, 0.15) is 10.1 Å². The normalized spacial score (nSPS) is 10.9. The average Bonchev–Trinajstić information content (AvgIpc) is 2.26. The van der Waals surface area contributed by atoms with Crippen molar-refractivity contribution in [2.75, 3.05) is 0 Å². The van der Waals surface area contributed by atoms with E-state index in [-0.39, 0.29) is 63.1 Å². The molecular formula is C12H9O3RbS. The molecule has 0 heterocycles. The Hall–Kier alpha value is 0.155. The molecule has 0 amide bonds. The first-order valence-electron chi connectivity index (χ1n) is 4.64. The zero-order valence-corrected chi connectivity index (χ0v) is 15.1. The fourth-order valence-electron chi connectivity index (χ4n) is 1.70. The van der Waals surface area contributed by atoms with Gasteiger partial charge in [-0.25, -0.2) is 8.42 Å². The predicted octanol–water partition coefficient (Wildman–Crippen LogP) is -0.609. The van der Waals surface area contributed by atoms with Crippen LogP contribution in [0.1, 0.15) is 5.56 Å². The molecule has 5 heteroatoms. The van der Waals surface area contributed by atoms with Gasteiger partial charge in [0.05, 0.1) is 4.90 Å². The van der Waals surface area contributed by atoms with E-state index in [0.29, 0.717) is 5.56 Å². The zero-order chi connectivity index (χ0) is 11.8. The third-order valence-corrected chi connectivity index (χ3v) is 3.30. The maximum Gasteiger partial charge on any atom is 1.00 e. The fraction of sp³-hybridized carbons (Fsp3) is 0. The van der Waals surface area contributed by atoms with Crippen LogP contribution in [0.3, 0.4) is 0 Å². The largest absolute Gasteiger partial charge is 1.00 e. The summed E-state index contributed by atoms with van der Waals surface area (Å²) in [5, 5.41) is 1.60. The first-order valence-corrected chi connectivity index (χ1v) is 6.05. The van der Waals surface area contributed by atoms with Gasteiger partial charge in [-0.2, -0.15) is 0 Å². The quantitative estimate of drug-likeness (QED) is 0.694. The fourth-order valence-corrected chi connectivity index (χ4v) is 2.40. The number of rotatable bonds is 2. The van der Waals surface area contributed by atoms with Gasteiger partial charge in [-0.15, -0.1) is 0 Å². The van der Waals surface area contributed by atoms with Gasteiger partial charge in [0.15, 0.2) is 0 Å². The molecule has 0 aromatic heterocycles. The topological polar surface area (TPSA) is 57.2 Å². The molecule has 0 fully saturated rings. The van der Waals surface area contributed by atoms with Crippen LogP contribution < -0.4 is 58.2 Å². The van der Waals surface area contributed by atoms with Crippen molar-refractivity contribution < 1.29 is 71.2 Å². The van der Waals surface area contributed by atoms with Gasteiger partial charge < -0.3 is 4.55 Å². The Morgan fingerprint density at radius 3 is 2.35 bits per heavy atom. The molecular weight excluding hydrogens is 310 g/mol. The molecule has 17 heavy (non-hydrogen) atoms. The maximum atomic E-state index is 11.1. The second-order valence-corrected chi connectivity index (χ2v) is 4.70. The number of hydrogen-bond acceptors (Lipinski definition) is 3. The van der Waals surface area contributed by atoms with Gasteiger partial charge in [0, 0.05) is 0 Å². The molecule has 2 aromatic carbocycles. The molecule has 0 aliphatic carbocycles. The van der Waals surface area contributed by atoms with Crippen LogP contribution in [0.25, 0.3) is 16.8 Å². The van der Waals surface area contributed by atoms with Gasteiger partial charge in [-0.05, 0) is 22.4 Å². The Labute approximate surface area is 149 Å². The Kier molecular flexibility index (Phi) is 5.25. The minimum Gasteiger partial charge on any atom is -0.744 e. The Balaban J connectivity index is 0.00000144. The van der Waals surface area contributed by atoms with E-state index in [0.717, 1.165) is 10.8 Å². The van der Waals surface area contributed by atoms with E-state index in [4.69, 9.17) is 0 Å². The van der Waals surface area contributed by atoms with Crippen molar-refractivity contribution in [3.8, 4) is 0 Å². The Morgan fingerprint density at radius 2 is 1.76 bits per heavy atom. The summed E-state index contributed by atoms with van der Waals surface area (Å²) in [5.74, 6) is 0. The van der Waals surface area contributed by atoms with Crippen molar-refractivity contribution in [1.82, 2.24) is 0 Å². The van der Waals surface area contributed by atoms with Crippen LogP contribution in [0.15, 0.2) is 47.9 Å². The summed E-state index contributed by atoms with van der Waals surface area (Å²) in [7, 11) is -4.46. The minimum absolute atomic E-state index is 0. The van der Waals surface area contributed by atoms with Crippen LogP contribution in [0.5, 0.6) is 0 Å². The summed E-state index contributed by atoms with van der Waals surface area (Å²) in [6.07, 6.45) is 1.40. The van der Waals surface area contributed by atoms with Gasteiger partial charge in [0.25, 0.3) is 0 Å². The SMILES string of the molecule is C=Cc1c(S(=O)(=O)[O-])ccc2ccccc12.[Rb+]. The van der Waals surface area contributed by atoms with Crippen LogP contribution in [-0.2, 0) is 10.1 Å². The van der Waals surface area contributed by atoms with Crippen LogP contribution in [0.2, 0.25) is 0 Å². The minimum atomic E-state index is -4.46. The summed E-state index contributed by atoms with van der Waals surface area (Å²) in [6, 6.07) is 10.2. The van der Waals surface area contributed by atoms with Gasteiger partial charge >= 0.3 is 58.2 Å². The molecule has 0 radical (unpaired) electrons. The molecule has 0 aliphatic rings. The molecule has 0 saturated carbocycles. The average molecular weight is 319 g/mol. The Bertz CT molecular complexity index is 663. The third-order valence-electron chi connectivity index (χ3n) is 2.40. The monoisotopic (exact) mass is 318 g/mol. The summed E-state index contributed by atoms with van der Waals surface area (Å²) in [5.41, 5.74) is 0.369. The molecule has 0 saturated heterocycles. The van der Waals surface area contributed by atoms with Crippen molar-refractivity contribution in [2.45, 2.75) is 4.90 Å². The van der Waals surface area contributed by atoms with Crippen LogP contribution in [-0.4, -0.2) is 13.0 Å². The maximum absolute atomic E-state index is 11.1. The van der Waals surface area contributed by atoms with Crippen molar-refractivity contribution >= 4 is 27.0 Å². The second kappa shape index (κ2) is 5.86. The molecule has 0 atom stereocenters. The first kappa shape index (κ1) is 15.2. The van der Waals surface area contributed by atoms with Crippen LogP contribution in [0.4, 0.5) is 0 Å². The summed E-state index contributed by atoms with van der Waals surface area (Å²) >= 11 is 0. The van der Waals surface area contributed by atoms with Crippen molar-refractivity contribution in [3.63, 3.8) is 0 Å². The zero-order valence-electron chi connectivity index (χ0n) is 9.38. The molecule has 0 N–H and O–H groups in total. The molecule has 2 rings (SSSR count). The third kappa shape index (κ3) is 3.13. The van der Waals surface area contributed by atoms with Gasteiger partial charge in [-0.1, -0.05) is 43.0 Å². The van der Waals surface area contributed by atoms with E-state index in [1.807, 2.05) is 12.1 Å². The summed E-state index contributed by atoms with van der Waals surface area (Å²) in [6.45, 7) is 3.55. The second-order valence-electron chi connectivity index (χ2n) is 3.36. The van der Waals surface area contributed by atoms with Gasteiger partial charge in [0.2, 0.25) is 0 Å². The molecule has 0 unspecified atom stereocenters. The van der Waals surface area contributed by atoms with Crippen LogP contribution in [0, 0.1) is 0 Å². The number of fused-ring (bicyclic) bond motifs is 1. The molecule has 0 bridgehead atoms. The van der Waals surface area contributed by atoms with Crippen LogP contribution >= 0.6 is 0 Å². The predicted molar refractivity (Wildman–Crippen MR) is 62.0 cm³/mol. The van der Waals surface area contributed by atoms with E-state index in [1.165, 1.54) is 12.1 Å². The van der Waals surface area contributed by atoms with E-state index in [1.54, 1.807) is 18.2 Å². The molecule has 82 valence electrons. The van der Waals surface area contributed by atoms with E-state index >= 15 is 0 Å². The van der Waals surface area contributed by atoms with E-state index in [2.05, 4.69) is 6.58 Å². The molecule has 0 aliphatic heterocycles. The number of benzene rings is 2. The van der Waals surface area contributed by atoms with Crippen molar-refractivity contribution in [2.24, 2.45) is 0 Å². The van der Waals surface area contributed by atoms with E-state index in [9.17, 15) is 13.0 Å². The summed E-state index contributed by atoms with van der Waals surface area (Å²) in [4.78, 5) is -0.221. The molecule has 2 aromatic rings.